The van der Waals surface area contributed by atoms with Crippen molar-refractivity contribution in [1.29, 1.82) is 0 Å². The molecular weight excluding hydrogens is 298 g/mol. The number of hydrogen-bond donors (Lipinski definition) is 1. The molecule has 1 saturated carbocycles. The summed E-state index contributed by atoms with van der Waals surface area (Å²) in [5, 5.41) is 19.3. The number of rotatable bonds is 7. The normalized spacial score (nSPS) is 16.4. The Hall–Kier alpha value is -1.96. The van der Waals surface area contributed by atoms with Gasteiger partial charge >= 0.3 is 5.97 Å². The molecule has 1 fully saturated rings. The Kier molecular flexibility index (Phi) is 3.99. The van der Waals surface area contributed by atoms with Crippen LogP contribution in [0.4, 0.5) is 5.69 Å². The van der Waals surface area contributed by atoms with Crippen LogP contribution in [0.1, 0.15) is 24.8 Å². The van der Waals surface area contributed by atoms with Crippen LogP contribution in [-0.2, 0) is 20.4 Å². The summed E-state index contributed by atoms with van der Waals surface area (Å²) in [6, 6.07) is 5.34. The van der Waals surface area contributed by atoms with Gasteiger partial charge in [-0.3, -0.25) is 14.9 Å². The number of carboxylic acids is 1. The van der Waals surface area contributed by atoms with Crippen molar-refractivity contribution < 1.29 is 23.2 Å². The van der Waals surface area contributed by atoms with E-state index in [-0.39, 0.29) is 23.6 Å². The van der Waals surface area contributed by atoms with Crippen molar-refractivity contribution in [3.8, 4) is 0 Å². The Morgan fingerprint density at radius 2 is 1.86 bits per heavy atom. The number of nitro benzene ring substituents is 1. The van der Waals surface area contributed by atoms with Gasteiger partial charge in [-0.05, 0) is 23.8 Å². The molecule has 8 heteroatoms. The monoisotopic (exact) mass is 313 g/mol. The van der Waals surface area contributed by atoms with Crippen molar-refractivity contribution in [3.05, 3.63) is 39.9 Å². The van der Waals surface area contributed by atoms with Crippen molar-refractivity contribution in [3.63, 3.8) is 0 Å². The summed E-state index contributed by atoms with van der Waals surface area (Å²) in [5.41, 5.74) is -0.252. The molecule has 0 saturated heterocycles. The lowest BCUT2D eigenvalue weighted by Crippen LogP contribution is -2.21. The average molecular weight is 313 g/mol. The van der Waals surface area contributed by atoms with Crippen molar-refractivity contribution >= 4 is 21.5 Å². The molecule has 0 atom stereocenters. The zero-order chi connectivity index (χ0) is 15.7. The Morgan fingerprint density at radius 1 is 1.29 bits per heavy atom. The first-order chi connectivity index (χ1) is 9.71. The Bertz CT molecular complexity index is 660. The van der Waals surface area contributed by atoms with E-state index < -0.39 is 26.1 Å². The highest BCUT2D eigenvalue weighted by atomic mass is 32.2. The van der Waals surface area contributed by atoms with Crippen molar-refractivity contribution in [2.24, 2.45) is 5.41 Å². The quantitative estimate of drug-likeness (QED) is 0.606. The lowest BCUT2D eigenvalue weighted by Gasteiger charge is -2.12. The van der Waals surface area contributed by atoms with Crippen LogP contribution in [0.15, 0.2) is 24.3 Å². The zero-order valence-corrected chi connectivity index (χ0v) is 12.0. The van der Waals surface area contributed by atoms with Crippen LogP contribution in [0.5, 0.6) is 0 Å². The summed E-state index contributed by atoms with van der Waals surface area (Å²) in [6.45, 7) is 0. The third-order valence-electron chi connectivity index (χ3n) is 3.54. The van der Waals surface area contributed by atoms with Crippen LogP contribution in [0.25, 0.3) is 0 Å². The number of non-ortho nitro benzene ring substituents is 1. The van der Waals surface area contributed by atoms with Crippen LogP contribution in [0, 0.1) is 15.5 Å². The zero-order valence-electron chi connectivity index (χ0n) is 11.2. The van der Waals surface area contributed by atoms with Crippen LogP contribution < -0.4 is 0 Å². The van der Waals surface area contributed by atoms with Crippen LogP contribution >= 0.6 is 0 Å². The van der Waals surface area contributed by atoms with Gasteiger partial charge in [-0.15, -0.1) is 0 Å². The predicted octanol–water partition coefficient (Wildman–Crippen LogP) is 1.76. The van der Waals surface area contributed by atoms with E-state index in [2.05, 4.69) is 0 Å². The van der Waals surface area contributed by atoms with E-state index in [1.165, 1.54) is 24.3 Å². The topological polar surface area (TPSA) is 115 Å². The van der Waals surface area contributed by atoms with Gasteiger partial charge in [0.05, 0.1) is 22.8 Å². The predicted molar refractivity (Wildman–Crippen MR) is 74.5 cm³/mol. The van der Waals surface area contributed by atoms with E-state index in [1.807, 2.05) is 0 Å². The van der Waals surface area contributed by atoms with Crippen molar-refractivity contribution in [2.75, 3.05) is 5.75 Å². The van der Waals surface area contributed by atoms with Gasteiger partial charge in [0.25, 0.3) is 5.69 Å². The first-order valence-corrected chi connectivity index (χ1v) is 8.19. The number of nitrogens with zero attached hydrogens (tertiary/aromatic N) is 1. The summed E-state index contributed by atoms with van der Waals surface area (Å²) in [5.74, 6) is -1.37. The van der Waals surface area contributed by atoms with Gasteiger partial charge in [0, 0.05) is 12.1 Å². The van der Waals surface area contributed by atoms with Crippen molar-refractivity contribution in [2.45, 2.75) is 25.0 Å². The highest BCUT2D eigenvalue weighted by molar-refractivity contribution is 7.90. The fourth-order valence-corrected chi connectivity index (χ4v) is 4.48. The molecule has 0 radical (unpaired) electrons. The summed E-state index contributed by atoms with van der Waals surface area (Å²) < 4.78 is 24.3. The number of sulfone groups is 1. The maximum Gasteiger partial charge on any atom is 0.303 e. The maximum absolute atomic E-state index is 12.1. The Morgan fingerprint density at radius 3 is 2.29 bits per heavy atom. The minimum atomic E-state index is -3.44. The van der Waals surface area contributed by atoms with Gasteiger partial charge in [0.1, 0.15) is 0 Å². The SMILES string of the molecule is O=C(O)CC1(CS(=O)(=O)Cc2ccc([N+](=O)[O-])cc2)CC1. The number of carbonyl (C=O) groups is 1. The molecule has 1 N–H and O–H groups in total. The Balaban J connectivity index is 2.04. The molecule has 1 aliphatic carbocycles. The van der Waals surface area contributed by atoms with E-state index in [0.29, 0.717) is 18.4 Å². The first kappa shape index (κ1) is 15.4. The minimum absolute atomic E-state index is 0.0966. The summed E-state index contributed by atoms with van der Waals surface area (Å²) in [7, 11) is -3.44. The average Bonchev–Trinajstić information content (AvgIpc) is 3.06. The molecule has 7 nitrogen and oxygen atoms in total. The van der Waals surface area contributed by atoms with Gasteiger partial charge in [0.2, 0.25) is 0 Å². The third-order valence-corrected chi connectivity index (χ3v) is 5.37. The molecule has 1 aliphatic rings. The van der Waals surface area contributed by atoms with E-state index in [1.54, 1.807) is 0 Å². The molecule has 0 amide bonds. The van der Waals surface area contributed by atoms with E-state index in [9.17, 15) is 23.3 Å². The van der Waals surface area contributed by atoms with E-state index in [4.69, 9.17) is 5.11 Å². The fraction of sp³-hybridized carbons (Fsp3) is 0.462. The second-order valence-electron chi connectivity index (χ2n) is 5.53. The molecule has 0 unspecified atom stereocenters. The molecular formula is C13H15NO6S. The highest BCUT2D eigenvalue weighted by Crippen LogP contribution is 2.50. The third kappa shape index (κ3) is 4.25. The molecule has 0 bridgehead atoms. The van der Waals surface area contributed by atoms with Crippen LogP contribution in [-0.4, -0.2) is 30.2 Å². The van der Waals surface area contributed by atoms with Gasteiger partial charge in [-0.25, -0.2) is 8.42 Å². The molecule has 0 aliphatic heterocycles. The van der Waals surface area contributed by atoms with E-state index in [0.717, 1.165) is 0 Å². The molecule has 114 valence electrons. The summed E-state index contributed by atoms with van der Waals surface area (Å²) in [4.78, 5) is 20.7. The number of aliphatic carboxylic acids is 1. The molecule has 1 aromatic rings. The highest BCUT2D eigenvalue weighted by Gasteiger charge is 2.47. The van der Waals surface area contributed by atoms with Gasteiger partial charge < -0.3 is 5.11 Å². The maximum atomic E-state index is 12.1. The standard InChI is InChI=1S/C13H15NO6S/c15-12(16)7-13(5-6-13)9-21(19,20)8-10-1-3-11(4-2-10)14(17)18/h1-4H,5-9H2,(H,15,16). The summed E-state index contributed by atoms with van der Waals surface area (Å²) >= 11 is 0. The second kappa shape index (κ2) is 5.44. The number of nitro groups is 1. The lowest BCUT2D eigenvalue weighted by atomic mass is 10.1. The molecule has 0 aromatic heterocycles. The molecule has 0 heterocycles. The summed E-state index contributed by atoms with van der Waals surface area (Å²) in [6.07, 6.45) is 1.09. The largest absolute Gasteiger partial charge is 0.481 e. The Labute approximate surface area is 121 Å². The van der Waals surface area contributed by atoms with Crippen LogP contribution in [0.3, 0.4) is 0 Å². The van der Waals surface area contributed by atoms with Gasteiger partial charge in [-0.1, -0.05) is 12.1 Å². The van der Waals surface area contributed by atoms with Gasteiger partial charge in [0.15, 0.2) is 9.84 Å². The number of carboxylic acid groups (broad SMARTS) is 1. The molecule has 21 heavy (non-hydrogen) atoms. The van der Waals surface area contributed by atoms with E-state index >= 15 is 0 Å². The van der Waals surface area contributed by atoms with Gasteiger partial charge in [-0.2, -0.15) is 0 Å². The number of hydrogen-bond acceptors (Lipinski definition) is 5. The lowest BCUT2D eigenvalue weighted by molar-refractivity contribution is -0.384. The molecule has 2 rings (SSSR count). The van der Waals surface area contributed by atoms with Crippen LogP contribution in [0.2, 0.25) is 0 Å². The van der Waals surface area contributed by atoms with Crippen molar-refractivity contribution in [1.82, 2.24) is 0 Å². The first-order valence-electron chi connectivity index (χ1n) is 6.37. The molecule has 0 spiro atoms. The second-order valence-corrected chi connectivity index (χ2v) is 7.59. The minimum Gasteiger partial charge on any atom is -0.481 e. The number of benzene rings is 1. The fourth-order valence-electron chi connectivity index (χ4n) is 2.36. The molecule has 1 aromatic carbocycles. The smallest absolute Gasteiger partial charge is 0.303 e.